The molecule has 4 aliphatic carbocycles. The lowest BCUT2D eigenvalue weighted by atomic mass is 9.48. The van der Waals surface area contributed by atoms with Crippen LogP contribution in [0.4, 0.5) is 5.13 Å². The molecular formula is C27H33ClN2OS. The Balaban J connectivity index is 1.22. The number of nitrogens with one attached hydrogen (secondary N) is 1. The summed E-state index contributed by atoms with van der Waals surface area (Å²) >= 11 is 7.89. The van der Waals surface area contributed by atoms with Crippen LogP contribution in [0.2, 0.25) is 5.02 Å². The van der Waals surface area contributed by atoms with E-state index in [0.717, 1.165) is 47.8 Å². The number of nitrogens with zero attached hydrogens (tertiary/aromatic N) is 1. The second-order valence-corrected chi connectivity index (χ2v) is 12.6. The number of fused-ring (bicyclic) bond motifs is 7. The van der Waals surface area contributed by atoms with Crippen LogP contribution in [0.25, 0.3) is 0 Å². The molecule has 0 aliphatic heterocycles. The lowest BCUT2D eigenvalue weighted by Crippen LogP contribution is -2.51. The molecule has 0 spiro atoms. The molecule has 0 radical (unpaired) electrons. The van der Waals surface area contributed by atoms with Crippen molar-refractivity contribution in [1.82, 2.24) is 4.98 Å². The van der Waals surface area contributed by atoms with Crippen molar-refractivity contribution in [2.75, 3.05) is 5.32 Å². The van der Waals surface area contributed by atoms with E-state index in [1.54, 1.807) is 5.57 Å². The van der Waals surface area contributed by atoms with E-state index in [0.29, 0.717) is 11.3 Å². The summed E-state index contributed by atoms with van der Waals surface area (Å²) in [5.74, 6) is 2.23. The minimum Gasteiger partial charge on any atom is -0.393 e. The molecule has 2 saturated carbocycles. The maximum atomic E-state index is 10.2. The number of aliphatic hydroxyl groups is 1. The summed E-state index contributed by atoms with van der Waals surface area (Å²) in [5, 5.41) is 15.6. The van der Waals surface area contributed by atoms with Crippen LogP contribution in [0, 0.1) is 23.2 Å². The Hall–Kier alpha value is -1.36. The van der Waals surface area contributed by atoms with Crippen LogP contribution in [0.5, 0.6) is 0 Å². The number of allylic oxidation sites excluding steroid dienone is 1. The average molecular weight is 469 g/mol. The zero-order chi connectivity index (χ0) is 22.1. The summed E-state index contributed by atoms with van der Waals surface area (Å²) in [6.45, 7) is 5.78. The number of aliphatic hydroxyl groups excluding tert-OH is 1. The predicted molar refractivity (Wildman–Crippen MR) is 132 cm³/mol. The zero-order valence-electron chi connectivity index (χ0n) is 19.0. The molecule has 4 aliphatic rings. The van der Waals surface area contributed by atoms with Crippen molar-refractivity contribution in [3.8, 4) is 0 Å². The Morgan fingerprint density at radius 3 is 2.69 bits per heavy atom. The summed E-state index contributed by atoms with van der Waals surface area (Å²) in [6, 6.07) is 8.04. The van der Waals surface area contributed by atoms with Crippen LogP contribution in [0.3, 0.4) is 0 Å². The Morgan fingerprint density at radius 1 is 1.09 bits per heavy atom. The van der Waals surface area contributed by atoms with E-state index in [1.165, 1.54) is 41.8 Å². The average Bonchev–Trinajstić information content (AvgIpc) is 3.30. The van der Waals surface area contributed by atoms with E-state index in [1.807, 2.05) is 23.5 Å². The van der Waals surface area contributed by atoms with Crippen LogP contribution in [0.1, 0.15) is 68.5 Å². The number of hydrogen-bond acceptors (Lipinski definition) is 4. The molecule has 0 bridgehead atoms. The fraction of sp³-hybridized carbons (Fsp3) is 0.593. The van der Waals surface area contributed by atoms with Crippen molar-refractivity contribution in [2.24, 2.45) is 23.2 Å². The molecule has 32 heavy (non-hydrogen) atoms. The minimum absolute atomic E-state index is 0.124. The largest absolute Gasteiger partial charge is 0.393 e. The third-order valence-electron chi connectivity index (χ3n) is 9.47. The van der Waals surface area contributed by atoms with Gasteiger partial charge in [0.25, 0.3) is 0 Å². The van der Waals surface area contributed by atoms with Crippen LogP contribution in [-0.2, 0) is 18.4 Å². The monoisotopic (exact) mass is 468 g/mol. The minimum atomic E-state index is -0.124. The molecule has 170 valence electrons. The van der Waals surface area contributed by atoms with Gasteiger partial charge in [-0.05, 0) is 85.8 Å². The molecule has 3 unspecified atom stereocenters. The first-order valence-electron chi connectivity index (χ1n) is 12.2. The molecule has 2 N–H and O–H groups in total. The molecule has 2 fully saturated rings. The number of aromatic nitrogens is 1. The third kappa shape index (κ3) is 3.20. The van der Waals surface area contributed by atoms with Gasteiger partial charge in [-0.2, -0.15) is 0 Å². The lowest BCUT2D eigenvalue weighted by Gasteiger charge is -2.57. The number of benzene rings is 1. The summed E-state index contributed by atoms with van der Waals surface area (Å²) in [6.07, 6.45) is 10.4. The van der Waals surface area contributed by atoms with Crippen molar-refractivity contribution in [1.29, 1.82) is 0 Å². The molecule has 0 saturated heterocycles. The smallest absolute Gasteiger partial charge is 0.183 e. The van der Waals surface area contributed by atoms with Gasteiger partial charge in [-0.25, -0.2) is 4.98 Å². The van der Waals surface area contributed by atoms with Gasteiger partial charge >= 0.3 is 0 Å². The van der Waals surface area contributed by atoms with Crippen LogP contribution < -0.4 is 5.32 Å². The normalized spacial score (nSPS) is 37.7. The van der Waals surface area contributed by atoms with Gasteiger partial charge in [0.15, 0.2) is 5.13 Å². The number of anilines is 1. The van der Waals surface area contributed by atoms with Crippen molar-refractivity contribution in [3.05, 3.63) is 57.1 Å². The van der Waals surface area contributed by atoms with Gasteiger partial charge in [0.2, 0.25) is 0 Å². The summed E-state index contributed by atoms with van der Waals surface area (Å²) in [5.41, 5.74) is 4.68. The van der Waals surface area contributed by atoms with Crippen LogP contribution in [-0.4, -0.2) is 16.2 Å². The van der Waals surface area contributed by atoms with Gasteiger partial charge in [-0.3, -0.25) is 0 Å². The number of halogens is 1. The standard InChI is InChI=1S/C27H33ClN2OS/c1-26-11-9-19(31)13-17(26)5-8-20-21(26)10-12-27(2)22(20)14-23-24(27)30-25(32-23)29-15-16-3-6-18(28)7-4-16/h3-7,19-22,31H,8-15H2,1-2H3,(H,29,30)/t19-,20?,21?,22?,26-,27-/m0/s1. The van der Waals surface area contributed by atoms with Crippen molar-refractivity contribution in [3.63, 3.8) is 0 Å². The fourth-order valence-corrected chi connectivity index (χ4v) is 8.90. The second-order valence-electron chi connectivity index (χ2n) is 11.1. The highest BCUT2D eigenvalue weighted by molar-refractivity contribution is 7.15. The Labute approximate surface area is 200 Å². The van der Waals surface area contributed by atoms with Gasteiger partial charge < -0.3 is 10.4 Å². The molecule has 3 nitrogen and oxygen atoms in total. The number of thiazole rings is 1. The topological polar surface area (TPSA) is 45.2 Å². The highest BCUT2D eigenvalue weighted by Gasteiger charge is 2.58. The highest BCUT2D eigenvalue weighted by Crippen LogP contribution is 2.64. The van der Waals surface area contributed by atoms with Crippen molar-refractivity contribution in [2.45, 2.75) is 76.9 Å². The van der Waals surface area contributed by atoms with E-state index in [2.05, 4.69) is 37.4 Å². The molecule has 1 heterocycles. The lowest BCUT2D eigenvalue weighted by molar-refractivity contribution is -0.0169. The third-order valence-corrected chi connectivity index (χ3v) is 10.8. The Kier molecular flexibility index (Phi) is 5.02. The van der Waals surface area contributed by atoms with E-state index in [4.69, 9.17) is 16.6 Å². The zero-order valence-corrected chi connectivity index (χ0v) is 20.6. The molecule has 1 aromatic carbocycles. The van der Waals surface area contributed by atoms with E-state index in [9.17, 15) is 5.11 Å². The maximum Gasteiger partial charge on any atom is 0.183 e. The SMILES string of the molecule is C[C@]12CC[C@H](O)CC1=CCC1C2CC[C@]2(C)c3nc(NCc4ccc(Cl)cc4)sc3CC12. The highest BCUT2D eigenvalue weighted by atomic mass is 35.5. The molecule has 6 rings (SSSR count). The number of rotatable bonds is 3. The first-order chi connectivity index (χ1) is 15.4. The number of hydrogen-bond donors (Lipinski definition) is 2. The van der Waals surface area contributed by atoms with E-state index < -0.39 is 0 Å². The van der Waals surface area contributed by atoms with Crippen LogP contribution in [0.15, 0.2) is 35.9 Å². The molecule has 6 atom stereocenters. The van der Waals surface area contributed by atoms with E-state index in [-0.39, 0.29) is 11.5 Å². The maximum absolute atomic E-state index is 10.2. The first-order valence-corrected chi connectivity index (χ1v) is 13.4. The first kappa shape index (κ1) is 21.2. The van der Waals surface area contributed by atoms with Crippen molar-refractivity contribution >= 4 is 28.1 Å². The fourth-order valence-electron chi connectivity index (χ4n) is 7.62. The van der Waals surface area contributed by atoms with Gasteiger partial charge in [-0.15, -0.1) is 11.3 Å². The predicted octanol–water partition coefficient (Wildman–Crippen LogP) is 6.75. The molecule has 2 aromatic rings. The van der Waals surface area contributed by atoms with Gasteiger partial charge in [0, 0.05) is 21.9 Å². The van der Waals surface area contributed by atoms with Crippen molar-refractivity contribution < 1.29 is 5.11 Å². The van der Waals surface area contributed by atoms with E-state index >= 15 is 0 Å². The Bertz CT molecular complexity index is 1060. The van der Waals surface area contributed by atoms with Gasteiger partial charge in [-0.1, -0.05) is 49.2 Å². The summed E-state index contributed by atoms with van der Waals surface area (Å²) < 4.78 is 0. The van der Waals surface area contributed by atoms with Crippen LogP contribution >= 0.6 is 22.9 Å². The quantitative estimate of drug-likeness (QED) is 0.490. The summed E-state index contributed by atoms with van der Waals surface area (Å²) in [4.78, 5) is 6.67. The molecule has 5 heteroatoms. The van der Waals surface area contributed by atoms with Gasteiger partial charge in [0.05, 0.1) is 11.8 Å². The van der Waals surface area contributed by atoms with Gasteiger partial charge in [0.1, 0.15) is 0 Å². The molecular weight excluding hydrogens is 436 g/mol. The second kappa shape index (κ2) is 7.58. The summed E-state index contributed by atoms with van der Waals surface area (Å²) in [7, 11) is 0. The molecule has 1 aromatic heterocycles. The molecule has 0 amide bonds. The Morgan fingerprint density at radius 2 is 1.88 bits per heavy atom.